The molecule has 2 aliphatic heterocycles. The van der Waals surface area contributed by atoms with Gasteiger partial charge in [0.1, 0.15) is 12.1 Å². The van der Waals surface area contributed by atoms with E-state index in [0.29, 0.717) is 47.0 Å². The SMILES string of the molecule is C=CNC(=O)c1cc(OC)c(OCCCOc2cc3c(cc2OC)C(=O)N(OC)C(CCC)C=N3)cc1N(C)C(C)NC(=O)[C@H](C)NC(=O)[C@@H](NN1C(=O)CCC1=O)C(C)C. The molecule has 61 heavy (non-hydrogen) atoms. The topological polar surface area (TPSA) is 219 Å². The third kappa shape index (κ3) is 11.5. The summed E-state index contributed by atoms with van der Waals surface area (Å²) in [6, 6.07) is 4.06. The second-order valence-corrected chi connectivity index (χ2v) is 14.7. The second kappa shape index (κ2) is 21.9. The quantitative estimate of drug-likeness (QED) is 0.0760. The van der Waals surface area contributed by atoms with Gasteiger partial charge in [-0.3, -0.25) is 38.6 Å². The van der Waals surface area contributed by atoms with Crippen LogP contribution < -0.4 is 45.2 Å². The summed E-state index contributed by atoms with van der Waals surface area (Å²) >= 11 is 0. The number of carbonyl (C=O) groups excluding carboxylic acids is 6. The molecular weight excluding hydrogens is 793 g/mol. The average Bonchev–Trinajstić information content (AvgIpc) is 3.49. The van der Waals surface area contributed by atoms with Gasteiger partial charge in [0.05, 0.1) is 69.3 Å². The third-order valence-electron chi connectivity index (χ3n) is 10.1. The molecule has 4 rings (SSSR count). The van der Waals surface area contributed by atoms with Gasteiger partial charge in [-0.2, -0.15) is 0 Å². The fraction of sp³-hybridized carbons (Fsp3) is 0.500. The van der Waals surface area contributed by atoms with E-state index in [1.807, 2.05) is 6.92 Å². The lowest BCUT2D eigenvalue weighted by molar-refractivity contribution is -0.145. The molecule has 2 aliphatic rings. The van der Waals surface area contributed by atoms with Gasteiger partial charge in [-0.15, -0.1) is 0 Å². The van der Waals surface area contributed by atoms with Gasteiger partial charge in [0.25, 0.3) is 11.8 Å². The number of methoxy groups -OCH3 is 2. The Labute approximate surface area is 356 Å². The van der Waals surface area contributed by atoms with E-state index in [1.54, 1.807) is 57.1 Å². The van der Waals surface area contributed by atoms with Gasteiger partial charge >= 0.3 is 0 Å². The number of imide groups is 1. The van der Waals surface area contributed by atoms with E-state index in [2.05, 4.69) is 32.9 Å². The number of benzene rings is 2. The number of ether oxygens (including phenoxy) is 4. The molecule has 4 N–H and O–H groups in total. The number of anilines is 1. The van der Waals surface area contributed by atoms with Crippen LogP contribution in [0.1, 0.15) is 87.4 Å². The Morgan fingerprint density at radius 2 is 1.52 bits per heavy atom. The van der Waals surface area contributed by atoms with Crippen LogP contribution in [0.15, 0.2) is 42.0 Å². The Morgan fingerprint density at radius 3 is 2.10 bits per heavy atom. The molecule has 0 aromatic heterocycles. The number of aliphatic imine (C=N–C) groups is 1. The van der Waals surface area contributed by atoms with E-state index in [1.165, 1.54) is 45.6 Å². The summed E-state index contributed by atoms with van der Waals surface area (Å²) < 4.78 is 23.4. The maximum atomic E-state index is 13.4. The van der Waals surface area contributed by atoms with E-state index >= 15 is 0 Å². The first-order valence-corrected chi connectivity index (χ1v) is 20.1. The Bertz CT molecular complexity index is 1970. The molecule has 2 unspecified atom stereocenters. The number of amides is 6. The highest BCUT2D eigenvalue weighted by atomic mass is 16.7. The average molecular weight is 851 g/mol. The minimum absolute atomic E-state index is 0.0554. The number of nitrogens with one attached hydrogen (secondary N) is 4. The van der Waals surface area contributed by atoms with Crippen molar-refractivity contribution in [2.75, 3.05) is 46.5 Å². The fourth-order valence-corrected chi connectivity index (χ4v) is 6.57. The van der Waals surface area contributed by atoms with E-state index in [-0.39, 0.29) is 55.2 Å². The minimum Gasteiger partial charge on any atom is -0.493 e. The molecule has 0 aliphatic carbocycles. The van der Waals surface area contributed by atoms with Gasteiger partial charge in [0, 0.05) is 44.7 Å². The highest BCUT2D eigenvalue weighted by Gasteiger charge is 2.35. The van der Waals surface area contributed by atoms with Crippen molar-refractivity contribution < 1.29 is 52.6 Å². The van der Waals surface area contributed by atoms with Crippen molar-refractivity contribution in [2.24, 2.45) is 10.9 Å². The summed E-state index contributed by atoms with van der Waals surface area (Å²) in [5.41, 5.74) is 4.03. The molecule has 6 amide bonds. The highest BCUT2D eigenvalue weighted by molar-refractivity contribution is 6.03. The highest BCUT2D eigenvalue weighted by Crippen LogP contribution is 2.38. The van der Waals surface area contributed by atoms with E-state index < -0.39 is 47.8 Å². The van der Waals surface area contributed by atoms with Crippen LogP contribution in [0.25, 0.3) is 0 Å². The normalized spacial score (nSPS) is 16.3. The van der Waals surface area contributed by atoms with Crippen molar-refractivity contribution in [3.05, 3.63) is 48.2 Å². The van der Waals surface area contributed by atoms with E-state index in [4.69, 9.17) is 23.8 Å². The Morgan fingerprint density at radius 1 is 0.902 bits per heavy atom. The van der Waals surface area contributed by atoms with E-state index in [0.717, 1.165) is 11.4 Å². The predicted octanol–water partition coefficient (Wildman–Crippen LogP) is 3.39. The molecule has 2 aromatic rings. The minimum atomic E-state index is -1.02. The smallest absolute Gasteiger partial charge is 0.280 e. The third-order valence-corrected chi connectivity index (χ3v) is 10.1. The molecule has 2 aromatic carbocycles. The summed E-state index contributed by atoms with van der Waals surface area (Å²) in [4.78, 5) is 89.2. The molecule has 332 valence electrons. The number of hydrogen-bond donors (Lipinski definition) is 4. The van der Waals surface area contributed by atoms with E-state index in [9.17, 15) is 28.8 Å². The fourth-order valence-electron chi connectivity index (χ4n) is 6.57. The van der Waals surface area contributed by atoms with Crippen molar-refractivity contribution in [3.8, 4) is 23.0 Å². The lowest BCUT2D eigenvalue weighted by atomic mass is 10.0. The van der Waals surface area contributed by atoms with Crippen LogP contribution in [-0.2, 0) is 24.0 Å². The summed E-state index contributed by atoms with van der Waals surface area (Å²) in [6.45, 7) is 12.7. The van der Waals surface area contributed by atoms with Gasteiger partial charge in [-0.25, -0.2) is 15.5 Å². The van der Waals surface area contributed by atoms with Crippen LogP contribution >= 0.6 is 0 Å². The van der Waals surface area contributed by atoms with Crippen molar-refractivity contribution in [3.63, 3.8) is 0 Å². The Kier molecular flexibility index (Phi) is 17.0. The van der Waals surface area contributed by atoms with Crippen LogP contribution in [0.2, 0.25) is 0 Å². The van der Waals surface area contributed by atoms with Gasteiger partial charge < -0.3 is 39.8 Å². The number of hydrazine groups is 1. The first-order valence-electron chi connectivity index (χ1n) is 20.1. The molecule has 0 spiro atoms. The lowest BCUT2D eigenvalue weighted by Crippen LogP contribution is -2.59. The molecule has 0 radical (unpaired) electrons. The van der Waals surface area contributed by atoms with Crippen LogP contribution in [0.5, 0.6) is 23.0 Å². The van der Waals surface area contributed by atoms with Crippen molar-refractivity contribution in [1.29, 1.82) is 0 Å². The van der Waals surface area contributed by atoms with Gasteiger partial charge in [-0.05, 0) is 44.5 Å². The molecule has 4 atom stereocenters. The van der Waals surface area contributed by atoms with Crippen LogP contribution in [-0.4, -0.2) is 118 Å². The van der Waals surface area contributed by atoms with Gasteiger partial charge in [-0.1, -0.05) is 33.8 Å². The standard InChI is InChI=1S/C42H58N8O11/c1-11-14-27-23-44-30-21-34(32(57-8)19-28(30)42(56)50(27)59-10)60-17-13-18-61-35-22-31(29(20-33(35)58-9)40(54)43-12-2)48(7)26(6)46-39(53)25(5)45-41(55)38(24(3)4)47-49-36(51)15-16-37(49)52/h12,19-27,38,47H,2,11,13-18H2,1,3-10H3,(H,43,54)(H,45,55)(H,46,53)/t25-,26?,27?,38-/m0/s1. The molecule has 1 fully saturated rings. The summed E-state index contributed by atoms with van der Waals surface area (Å²) in [7, 11) is 6.04. The molecule has 19 heteroatoms. The molecule has 0 bridgehead atoms. The Hall–Kier alpha value is -6.21. The number of carbonyl (C=O) groups is 6. The first kappa shape index (κ1) is 47.5. The summed E-state index contributed by atoms with van der Waals surface area (Å²) in [5, 5.41) is 10.3. The zero-order valence-electron chi connectivity index (χ0n) is 36.3. The number of nitrogens with zero attached hydrogens (tertiary/aromatic N) is 4. The number of fused-ring (bicyclic) bond motifs is 1. The van der Waals surface area contributed by atoms with Crippen LogP contribution in [0.3, 0.4) is 0 Å². The molecule has 19 nitrogen and oxygen atoms in total. The Balaban J connectivity index is 1.44. The lowest BCUT2D eigenvalue weighted by Gasteiger charge is -2.31. The van der Waals surface area contributed by atoms with Gasteiger partial charge in [0.15, 0.2) is 23.0 Å². The zero-order valence-corrected chi connectivity index (χ0v) is 36.3. The van der Waals surface area contributed by atoms with Crippen molar-refractivity contribution >= 4 is 53.0 Å². The van der Waals surface area contributed by atoms with Crippen LogP contribution in [0, 0.1) is 5.92 Å². The number of hydrogen-bond acceptors (Lipinski definition) is 14. The monoisotopic (exact) mass is 850 g/mol. The molecular formula is C42H58N8O11. The van der Waals surface area contributed by atoms with Gasteiger partial charge in [0.2, 0.25) is 23.6 Å². The number of rotatable bonds is 22. The summed E-state index contributed by atoms with van der Waals surface area (Å²) in [6.07, 6.45) is 4.23. The zero-order chi connectivity index (χ0) is 45.0. The van der Waals surface area contributed by atoms with Crippen molar-refractivity contribution in [1.82, 2.24) is 31.4 Å². The maximum Gasteiger partial charge on any atom is 0.280 e. The molecule has 1 saturated heterocycles. The number of hydroxylamine groups is 2. The predicted molar refractivity (Wildman–Crippen MR) is 226 cm³/mol. The largest absolute Gasteiger partial charge is 0.493 e. The van der Waals surface area contributed by atoms with Crippen LogP contribution in [0.4, 0.5) is 11.4 Å². The second-order valence-electron chi connectivity index (χ2n) is 14.7. The molecule has 0 saturated carbocycles. The molecule has 2 heterocycles. The summed E-state index contributed by atoms with van der Waals surface area (Å²) in [5.74, 6) is -1.80. The van der Waals surface area contributed by atoms with Crippen molar-refractivity contribution in [2.45, 2.75) is 91.0 Å². The first-order chi connectivity index (χ1) is 29.1. The maximum absolute atomic E-state index is 13.4.